The highest BCUT2D eigenvalue weighted by molar-refractivity contribution is 7.71. The molecular formula is C15H20N4O3S. The number of amides is 1. The molecule has 0 aromatic carbocycles. The van der Waals surface area contributed by atoms with E-state index in [1.807, 2.05) is 26.8 Å². The number of hydrogen-bond acceptors (Lipinski definition) is 5. The summed E-state index contributed by atoms with van der Waals surface area (Å²) in [7, 11) is 0. The minimum Gasteiger partial charge on any atom is -0.444 e. The summed E-state index contributed by atoms with van der Waals surface area (Å²) >= 11 is 4.98. The Labute approximate surface area is 139 Å². The van der Waals surface area contributed by atoms with Gasteiger partial charge in [0, 0.05) is 24.7 Å². The third-order valence-corrected chi connectivity index (χ3v) is 3.84. The molecule has 1 aromatic heterocycles. The number of nitriles is 1. The third-order valence-electron chi connectivity index (χ3n) is 3.64. The number of ether oxygens (including phenoxy) is 1. The van der Waals surface area contributed by atoms with Gasteiger partial charge in [-0.05, 0) is 45.8 Å². The smallest absolute Gasteiger partial charge is 0.410 e. The number of nitrogens with one attached hydrogen (secondary N) is 2. The molecule has 7 nitrogen and oxygen atoms in total. The normalized spacial score (nSPS) is 16.0. The van der Waals surface area contributed by atoms with Gasteiger partial charge in [-0.1, -0.05) is 0 Å². The van der Waals surface area contributed by atoms with Gasteiger partial charge >= 0.3 is 6.09 Å². The second-order valence-electron chi connectivity index (χ2n) is 6.55. The summed E-state index contributed by atoms with van der Waals surface area (Å²) < 4.78 is 5.56. The van der Waals surface area contributed by atoms with E-state index in [0.717, 1.165) is 0 Å². The predicted octanol–water partition coefficient (Wildman–Crippen LogP) is 2.42. The first-order chi connectivity index (χ1) is 10.7. The van der Waals surface area contributed by atoms with E-state index in [9.17, 15) is 14.9 Å². The molecule has 0 radical (unpaired) electrons. The Hall–Kier alpha value is -2.14. The number of hydrogen-bond donors (Lipinski definition) is 2. The number of aromatic nitrogens is 2. The average molecular weight is 336 g/mol. The largest absolute Gasteiger partial charge is 0.444 e. The van der Waals surface area contributed by atoms with Crippen molar-refractivity contribution >= 4 is 18.3 Å². The topological polar surface area (TPSA) is 102 Å². The zero-order valence-electron chi connectivity index (χ0n) is 13.4. The van der Waals surface area contributed by atoms with E-state index >= 15 is 0 Å². The van der Waals surface area contributed by atoms with Crippen LogP contribution in [0.4, 0.5) is 4.79 Å². The highest BCUT2D eigenvalue weighted by Gasteiger charge is 2.29. The SMILES string of the molecule is CC(C)(C)OC(=O)N1CCC(c2[nH]c(=S)[nH]c(=O)c2C#N)CC1. The fourth-order valence-electron chi connectivity index (χ4n) is 2.60. The second kappa shape index (κ2) is 6.54. The van der Waals surface area contributed by atoms with Crippen molar-refractivity contribution in [3.05, 3.63) is 26.4 Å². The van der Waals surface area contributed by atoms with Crippen LogP contribution in [0.2, 0.25) is 0 Å². The molecule has 2 N–H and O–H groups in total. The van der Waals surface area contributed by atoms with Crippen LogP contribution < -0.4 is 5.56 Å². The molecule has 1 amide bonds. The van der Waals surface area contributed by atoms with Crippen LogP contribution in [0.5, 0.6) is 0 Å². The molecule has 0 saturated carbocycles. The number of nitrogens with zero attached hydrogens (tertiary/aromatic N) is 2. The van der Waals surface area contributed by atoms with Gasteiger partial charge in [0.25, 0.3) is 5.56 Å². The number of rotatable bonds is 1. The van der Waals surface area contributed by atoms with Crippen molar-refractivity contribution < 1.29 is 9.53 Å². The summed E-state index contributed by atoms with van der Waals surface area (Å²) in [4.78, 5) is 30.9. The number of carbonyl (C=O) groups is 1. The highest BCUT2D eigenvalue weighted by atomic mass is 32.1. The fourth-order valence-corrected chi connectivity index (χ4v) is 2.80. The van der Waals surface area contributed by atoms with Crippen LogP contribution in [-0.4, -0.2) is 39.7 Å². The van der Waals surface area contributed by atoms with E-state index in [0.29, 0.717) is 31.6 Å². The highest BCUT2D eigenvalue weighted by Crippen LogP contribution is 2.28. The molecule has 1 saturated heterocycles. The minimum absolute atomic E-state index is 0.00710. The standard InChI is InChI=1S/C15H20N4O3S/c1-15(2,3)22-14(21)19-6-4-9(5-7-19)11-10(8-16)12(20)18-13(23)17-11/h9H,4-7H2,1-3H3,(H2,17,18,20,23). The van der Waals surface area contributed by atoms with Crippen molar-refractivity contribution in [3.63, 3.8) is 0 Å². The fraction of sp³-hybridized carbons (Fsp3) is 0.600. The first-order valence-electron chi connectivity index (χ1n) is 7.46. The second-order valence-corrected chi connectivity index (χ2v) is 6.96. The third kappa shape index (κ3) is 4.20. The number of H-pyrrole nitrogens is 2. The quantitative estimate of drug-likeness (QED) is 0.767. The van der Waals surface area contributed by atoms with E-state index in [-0.39, 0.29) is 22.3 Å². The van der Waals surface area contributed by atoms with Gasteiger partial charge in [0.1, 0.15) is 17.2 Å². The van der Waals surface area contributed by atoms with E-state index < -0.39 is 11.2 Å². The molecule has 2 rings (SSSR count). The van der Waals surface area contributed by atoms with Crippen molar-refractivity contribution in [2.75, 3.05) is 13.1 Å². The van der Waals surface area contributed by atoms with Gasteiger partial charge in [-0.3, -0.25) is 9.78 Å². The van der Waals surface area contributed by atoms with Crippen LogP contribution in [0.1, 0.15) is 50.8 Å². The zero-order valence-corrected chi connectivity index (χ0v) is 14.2. The Balaban J connectivity index is 2.12. The Bertz CT molecular complexity index is 746. The maximum absolute atomic E-state index is 12.1. The molecule has 8 heteroatoms. The van der Waals surface area contributed by atoms with Crippen molar-refractivity contribution in [1.82, 2.24) is 14.9 Å². The van der Waals surface area contributed by atoms with Crippen LogP contribution in [-0.2, 0) is 4.74 Å². The van der Waals surface area contributed by atoms with Gasteiger partial charge < -0.3 is 14.6 Å². The number of likely N-dealkylation sites (tertiary alicyclic amines) is 1. The Morgan fingerprint density at radius 2 is 1.96 bits per heavy atom. The molecule has 0 unspecified atom stereocenters. The number of aromatic amines is 2. The molecule has 23 heavy (non-hydrogen) atoms. The molecule has 0 atom stereocenters. The lowest BCUT2D eigenvalue weighted by Crippen LogP contribution is -2.41. The first-order valence-corrected chi connectivity index (χ1v) is 7.86. The van der Waals surface area contributed by atoms with E-state index in [4.69, 9.17) is 17.0 Å². The molecular weight excluding hydrogens is 316 g/mol. The Morgan fingerprint density at radius 1 is 1.35 bits per heavy atom. The minimum atomic E-state index is -0.528. The maximum Gasteiger partial charge on any atom is 0.410 e. The summed E-state index contributed by atoms with van der Waals surface area (Å²) in [6.07, 6.45) is 0.945. The summed E-state index contributed by atoms with van der Waals surface area (Å²) in [5.74, 6) is -0.00710. The van der Waals surface area contributed by atoms with E-state index in [2.05, 4.69) is 9.97 Å². The van der Waals surface area contributed by atoms with Crippen LogP contribution in [0.25, 0.3) is 0 Å². The van der Waals surface area contributed by atoms with E-state index in [1.54, 1.807) is 4.90 Å². The van der Waals surface area contributed by atoms with Gasteiger partial charge in [0.2, 0.25) is 0 Å². The van der Waals surface area contributed by atoms with Crippen LogP contribution in [0.3, 0.4) is 0 Å². The van der Waals surface area contributed by atoms with Gasteiger partial charge in [0.15, 0.2) is 4.77 Å². The Kier molecular flexibility index (Phi) is 4.90. The van der Waals surface area contributed by atoms with Crippen molar-refractivity contribution in [2.24, 2.45) is 0 Å². The average Bonchev–Trinajstić information content (AvgIpc) is 2.45. The van der Waals surface area contributed by atoms with Crippen molar-refractivity contribution in [2.45, 2.75) is 45.1 Å². The lowest BCUT2D eigenvalue weighted by atomic mass is 9.91. The van der Waals surface area contributed by atoms with Gasteiger partial charge in [-0.2, -0.15) is 5.26 Å². The lowest BCUT2D eigenvalue weighted by Gasteiger charge is -2.33. The molecule has 1 aliphatic rings. The number of carbonyl (C=O) groups excluding carboxylic acids is 1. The number of piperidine rings is 1. The lowest BCUT2D eigenvalue weighted by molar-refractivity contribution is 0.0204. The van der Waals surface area contributed by atoms with Crippen LogP contribution >= 0.6 is 12.2 Å². The Morgan fingerprint density at radius 3 is 2.48 bits per heavy atom. The maximum atomic E-state index is 12.1. The summed E-state index contributed by atoms with van der Waals surface area (Å²) in [5.41, 5.74) is -0.375. The summed E-state index contributed by atoms with van der Waals surface area (Å²) in [5, 5.41) is 9.18. The van der Waals surface area contributed by atoms with Gasteiger partial charge in [-0.15, -0.1) is 0 Å². The van der Waals surface area contributed by atoms with E-state index in [1.165, 1.54) is 0 Å². The molecule has 0 bridgehead atoms. The molecule has 1 aromatic rings. The molecule has 0 aliphatic carbocycles. The zero-order chi connectivity index (χ0) is 17.2. The molecule has 1 aliphatic heterocycles. The van der Waals surface area contributed by atoms with Crippen molar-refractivity contribution in [1.29, 1.82) is 5.26 Å². The molecule has 1 fully saturated rings. The van der Waals surface area contributed by atoms with Crippen molar-refractivity contribution in [3.8, 4) is 6.07 Å². The predicted molar refractivity (Wildman–Crippen MR) is 86.7 cm³/mol. The molecule has 124 valence electrons. The molecule has 0 spiro atoms. The van der Waals surface area contributed by atoms with Gasteiger partial charge in [-0.25, -0.2) is 4.79 Å². The molecule has 2 heterocycles. The summed E-state index contributed by atoms with van der Waals surface area (Å²) in [6.45, 7) is 6.50. The monoisotopic (exact) mass is 336 g/mol. The summed E-state index contributed by atoms with van der Waals surface area (Å²) in [6, 6.07) is 1.93. The first kappa shape index (κ1) is 17.2. The van der Waals surface area contributed by atoms with Crippen LogP contribution in [0.15, 0.2) is 4.79 Å². The van der Waals surface area contributed by atoms with Crippen LogP contribution in [0, 0.1) is 16.1 Å². The van der Waals surface area contributed by atoms with Gasteiger partial charge in [0.05, 0.1) is 0 Å².